The highest BCUT2D eigenvalue weighted by Crippen LogP contribution is 2.12. The molecule has 1 amide bonds. The van der Waals surface area contributed by atoms with Gasteiger partial charge in [-0.15, -0.1) is 0 Å². The molecule has 0 saturated heterocycles. The van der Waals surface area contributed by atoms with Gasteiger partial charge in [-0.3, -0.25) is 9.59 Å². The highest BCUT2D eigenvalue weighted by molar-refractivity contribution is 5.80. The molecule has 1 rings (SSSR count). The molecule has 0 aliphatic heterocycles. The van der Waals surface area contributed by atoms with Crippen molar-refractivity contribution in [2.45, 2.75) is 33.1 Å². The van der Waals surface area contributed by atoms with Crippen LogP contribution >= 0.6 is 0 Å². The van der Waals surface area contributed by atoms with Gasteiger partial charge in [0.2, 0.25) is 5.91 Å². The fourth-order valence-electron chi connectivity index (χ4n) is 1.88. The monoisotopic (exact) mass is 263 g/mol. The first-order valence-corrected chi connectivity index (χ1v) is 6.42. The smallest absolute Gasteiger partial charge is 0.323 e. The summed E-state index contributed by atoms with van der Waals surface area (Å²) in [6, 6.07) is 6.30. The van der Waals surface area contributed by atoms with Gasteiger partial charge in [0.05, 0.1) is 0 Å². The molecule has 0 spiro atoms. The van der Waals surface area contributed by atoms with Gasteiger partial charge < -0.3 is 10.0 Å². The summed E-state index contributed by atoms with van der Waals surface area (Å²) >= 11 is 0. The van der Waals surface area contributed by atoms with E-state index < -0.39 is 5.97 Å². The zero-order valence-electron chi connectivity index (χ0n) is 11.8. The number of carbonyl (C=O) groups excluding carboxylic acids is 1. The minimum Gasteiger partial charge on any atom is -0.480 e. The summed E-state index contributed by atoms with van der Waals surface area (Å²) < 4.78 is 0. The lowest BCUT2D eigenvalue weighted by Crippen LogP contribution is -2.31. The normalized spacial score (nSPS) is 10.3. The average molecular weight is 263 g/mol. The van der Waals surface area contributed by atoms with Crippen molar-refractivity contribution in [2.24, 2.45) is 0 Å². The number of benzene rings is 1. The van der Waals surface area contributed by atoms with Gasteiger partial charge in [0.15, 0.2) is 0 Å². The van der Waals surface area contributed by atoms with E-state index in [0.29, 0.717) is 6.42 Å². The topological polar surface area (TPSA) is 57.6 Å². The number of hydrogen-bond donors (Lipinski definition) is 1. The molecule has 0 saturated carbocycles. The number of carboxylic acid groups (broad SMARTS) is 1. The van der Waals surface area contributed by atoms with Crippen LogP contribution in [-0.2, 0) is 16.0 Å². The van der Waals surface area contributed by atoms with E-state index >= 15 is 0 Å². The Morgan fingerprint density at radius 1 is 1.21 bits per heavy atom. The van der Waals surface area contributed by atoms with Crippen LogP contribution in [0.4, 0.5) is 0 Å². The second-order valence-corrected chi connectivity index (χ2v) is 4.92. The van der Waals surface area contributed by atoms with Crippen LogP contribution < -0.4 is 0 Å². The summed E-state index contributed by atoms with van der Waals surface area (Å²) in [7, 11) is 1.52. The van der Waals surface area contributed by atoms with Crippen LogP contribution in [0.15, 0.2) is 18.2 Å². The number of likely N-dealkylation sites (N-methyl/N-ethyl adjacent to an activating group) is 1. The van der Waals surface area contributed by atoms with E-state index in [1.54, 1.807) is 0 Å². The van der Waals surface area contributed by atoms with Gasteiger partial charge in [0, 0.05) is 13.5 Å². The van der Waals surface area contributed by atoms with Gasteiger partial charge in [0.1, 0.15) is 6.54 Å². The third-order valence-electron chi connectivity index (χ3n) is 3.23. The Morgan fingerprint density at radius 3 is 2.47 bits per heavy atom. The molecule has 0 heterocycles. The summed E-state index contributed by atoms with van der Waals surface area (Å²) in [4.78, 5) is 23.4. The van der Waals surface area contributed by atoms with Crippen LogP contribution in [0.5, 0.6) is 0 Å². The van der Waals surface area contributed by atoms with E-state index in [1.165, 1.54) is 28.6 Å². The van der Waals surface area contributed by atoms with Gasteiger partial charge in [-0.2, -0.15) is 0 Å². The van der Waals surface area contributed by atoms with Crippen molar-refractivity contribution < 1.29 is 14.7 Å². The van der Waals surface area contributed by atoms with E-state index in [2.05, 4.69) is 32.0 Å². The van der Waals surface area contributed by atoms with Gasteiger partial charge >= 0.3 is 5.97 Å². The van der Waals surface area contributed by atoms with Crippen LogP contribution in [0.1, 0.15) is 29.5 Å². The Kier molecular flexibility index (Phi) is 5.55. The zero-order valence-corrected chi connectivity index (χ0v) is 11.8. The van der Waals surface area contributed by atoms with Crippen LogP contribution in [0.3, 0.4) is 0 Å². The molecule has 1 aromatic carbocycles. The average Bonchev–Trinajstić information content (AvgIpc) is 2.32. The molecule has 0 atom stereocenters. The number of aliphatic carboxylic acids is 1. The minimum atomic E-state index is -0.981. The predicted octanol–water partition coefficient (Wildman–Crippen LogP) is 2.17. The molecule has 4 heteroatoms. The number of amides is 1. The Hall–Kier alpha value is -1.84. The molecule has 0 bridgehead atoms. The molecule has 1 aromatic rings. The van der Waals surface area contributed by atoms with Crippen molar-refractivity contribution >= 4 is 11.9 Å². The number of carboxylic acids is 1. The lowest BCUT2D eigenvalue weighted by molar-refractivity contribution is -0.143. The molecule has 4 nitrogen and oxygen atoms in total. The van der Waals surface area contributed by atoms with Crippen molar-refractivity contribution in [3.8, 4) is 0 Å². The lowest BCUT2D eigenvalue weighted by atomic mass is 10.0. The molecule has 104 valence electrons. The standard InChI is InChI=1S/C15H21NO3/c1-11-7-8-13(9-12(11)2)5-4-6-14(17)16(3)10-15(18)19/h7-9H,4-6,10H2,1-3H3,(H,18,19). The third kappa shape index (κ3) is 5.12. The summed E-state index contributed by atoms with van der Waals surface area (Å²) in [6.07, 6.45) is 1.97. The summed E-state index contributed by atoms with van der Waals surface area (Å²) in [5.74, 6) is -1.10. The summed E-state index contributed by atoms with van der Waals surface area (Å²) in [5, 5.41) is 8.60. The van der Waals surface area contributed by atoms with Crippen molar-refractivity contribution in [3.05, 3.63) is 34.9 Å². The molecule has 19 heavy (non-hydrogen) atoms. The molecule has 0 unspecified atom stereocenters. The quantitative estimate of drug-likeness (QED) is 0.855. The maximum Gasteiger partial charge on any atom is 0.323 e. The fraction of sp³-hybridized carbons (Fsp3) is 0.467. The first-order valence-electron chi connectivity index (χ1n) is 6.42. The predicted molar refractivity (Wildman–Crippen MR) is 74.1 cm³/mol. The Bertz CT molecular complexity index is 468. The maximum atomic E-state index is 11.7. The third-order valence-corrected chi connectivity index (χ3v) is 3.23. The second-order valence-electron chi connectivity index (χ2n) is 4.92. The number of rotatable bonds is 6. The molecule has 0 aromatic heterocycles. The van der Waals surface area contributed by atoms with Crippen molar-refractivity contribution in [1.29, 1.82) is 0 Å². The molecular weight excluding hydrogens is 242 g/mol. The lowest BCUT2D eigenvalue weighted by Gasteiger charge is -2.14. The van der Waals surface area contributed by atoms with Gasteiger partial charge in [0.25, 0.3) is 0 Å². The van der Waals surface area contributed by atoms with Crippen LogP contribution in [-0.4, -0.2) is 35.5 Å². The zero-order chi connectivity index (χ0) is 14.4. The molecule has 0 aliphatic rings. The van der Waals surface area contributed by atoms with Crippen molar-refractivity contribution in [2.75, 3.05) is 13.6 Å². The van der Waals surface area contributed by atoms with E-state index in [0.717, 1.165) is 12.8 Å². The van der Waals surface area contributed by atoms with E-state index in [9.17, 15) is 9.59 Å². The number of hydrogen-bond acceptors (Lipinski definition) is 2. The van der Waals surface area contributed by atoms with Gasteiger partial charge in [-0.25, -0.2) is 0 Å². The fourth-order valence-corrected chi connectivity index (χ4v) is 1.88. The van der Waals surface area contributed by atoms with Crippen molar-refractivity contribution in [3.63, 3.8) is 0 Å². The molecule has 0 radical (unpaired) electrons. The van der Waals surface area contributed by atoms with E-state index in [1.807, 2.05) is 0 Å². The summed E-state index contributed by atoms with van der Waals surface area (Å²) in [6.45, 7) is 3.91. The first kappa shape index (κ1) is 15.2. The Morgan fingerprint density at radius 2 is 1.89 bits per heavy atom. The largest absolute Gasteiger partial charge is 0.480 e. The molecule has 0 aliphatic carbocycles. The van der Waals surface area contributed by atoms with Crippen molar-refractivity contribution in [1.82, 2.24) is 4.90 Å². The SMILES string of the molecule is Cc1ccc(CCCC(=O)N(C)CC(=O)O)cc1C. The molecule has 0 fully saturated rings. The van der Waals surface area contributed by atoms with Crippen LogP contribution in [0, 0.1) is 13.8 Å². The van der Waals surface area contributed by atoms with Gasteiger partial charge in [-0.05, 0) is 43.4 Å². The Balaban J connectivity index is 2.39. The van der Waals surface area contributed by atoms with E-state index in [-0.39, 0.29) is 12.5 Å². The minimum absolute atomic E-state index is 0.119. The summed E-state index contributed by atoms with van der Waals surface area (Å²) in [5.41, 5.74) is 3.74. The molecule has 1 N–H and O–H groups in total. The number of nitrogens with zero attached hydrogens (tertiary/aromatic N) is 1. The van der Waals surface area contributed by atoms with Gasteiger partial charge in [-0.1, -0.05) is 18.2 Å². The van der Waals surface area contributed by atoms with E-state index in [4.69, 9.17) is 5.11 Å². The number of carbonyl (C=O) groups is 2. The van der Waals surface area contributed by atoms with Crippen LogP contribution in [0.2, 0.25) is 0 Å². The second kappa shape index (κ2) is 6.92. The Labute approximate surface area is 114 Å². The first-order chi connectivity index (χ1) is 8.90. The highest BCUT2D eigenvalue weighted by Gasteiger charge is 2.11. The maximum absolute atomic E-state index is 11.7. The molecular formula is C15H21NO3. The highest BCUT2D eigenvalue weighted by atomic mass is 16.4. The van der Waals surface area contributed by atoms with Crippen LogP contribution in [0.25, 0.3) is 0 Å². The number of aryl methyl sites for hydroxylation is 3.